The van der Waals surface area contributed by atoms with E-state index in [1.54, 1.807) is 31.2 Å². The Morgan fingerprint density at radius 3 is 2.61 bits per heavy atom. The van der Waals surface area contributed by atoms with Crippen LogP contribution in [0.3, 0.4) is 0 Å². The first kappa shape index (κ1) is 18.2. The first-order valence-electron chi connectivity index (χ1n) is 8.55. The van der Waals surface area contributed by atoms with Crippen molar-refractivity contribution in [3.05, 3.63) is 80.4 Å². The monoisotopic (exact) mass is 399 g/mol. The maximum atomic E-state index is 13.1. The number of rotatable bonds is 4. The maximum absolute atomic E-state index is 13.1. The summed E-state index contributed by atoms with van der Waals surface area (Å²) in [6, 6.07) is 12.4. The Bertz CT molecular complexity index is 1240. The van der Waals surface area contributed by atoms with Crippen LogP contribution >= 0.6 is 11.6 Å². The average molecular weight is 400 g/mol. The van der Waals surface area contributed by atoms with Crippen LogP contribution in [0.15, 0.2) is 58.3 Å². The number of nitrogens with one attached hydrogen (secondary N) is 1. The number of hydrogen-bond acceptors (Lipinski definition) is 3. The van der Waals surface area contributed by atoms with Gasteiger partial charge >= 0.3 is 0 Å². The molecule has 1 aliphatic rings. The first-order valence-corrected chi connectivity index (χ1v) is 8.93. The van der Waals surface area contributed by atoms with Gasteiger partial charge in [0.15, 0.2) is 5.49 Å². The van der Waals surface area contributed by atoms with Gasteiger partial charge in [-0.15, -0.1) is 0 Å². The second-order valence-electron chi connectivity index (χ2n) is 6.37. The third-order valence-corrected chi connectivity index (χ3v) is 4.93. The molecule has 0 saturated carbocycles. The number of fused-ring (bicyclic) bond motifs is 1. The van der Waals surface area contributed by atoms with E-state index in [1.165, 1.54) is 28.9 Å². The lowest BCUT2D eigenvalue weighted by Gasteiger charge is -2.15. The summed E-state index contributed by atoms with van der Waals surface area (Å²) >= 11 is 6.20. The molecule has 1 unspecified atom stereocenters. The van der Waals surface area contributed by atoms with Gasteiger partial charge in [0.2, 0.25) is 0 Å². The summed E-state index contributed by atoms with van der Waals surface area (Å²) in [5, 5.41) is 3.52. The van der Waals surface area contributed by atoms with Gasteiger partial charge in [-0.25, -0.2) is 9.07 Å². The number of aromatic nitrogens is 2. The minimum atomic E-state index is -0.615. The van der Waals surface area contributed by atoms with Crippen LogP contribution in [-0.4, -0.2) is 22.3 Å². The zero-order chi connectivity index (χ0) is 19.8. The lowest BCUT2D eigenvalue weighted by Crippen LogP contribution is -2.44. The minimum absolute atomic E-state index is 0.00330. The smallest absolute Gasteiger partial charge is 0.280 e. The Hall–Kier alpha value is -3.19. The van der Waals surface area contributed by atoms with Crippen LogP contribution in [-0.2, 0) is 4.79 Å². The summed E-state index contributed by atoms with van der Waals surface area (Å²) in [6.45, 7) is 1.67. The first-order chi connectivity index (χ1) is 13.5. The molecular weight excluding hydrogens is 385 g/mol. The molecule has 1 atom stereocenters. The van der Waals surface area contributed by atoms with Crippen LogP contribution in [0.5, 0.6) is 5.75 Å². The number of aromatic amines is 1. The average Bonchev–Trinajstić information content (AvgIpc) is 3.00. The quantitative estimate of drug-likeness (QED) is 0.729. The SMILES string of the molecule is CC1C(=O)N=c2[nH]n(-c3ccccc3Cl)c(=O)c2=C1COc1ccc(F)cc1. The number of carbonyl (C=O) groups excluding carboxylic acids is 1. The van der Waals surface area contributed by atoms with Crippen molar-refractivity contribution < 1.29 is 13.9 Å². The molecule has 0 aliphatic carbocycles. The molecule has 1 aliphatic heterocycles. The fourth-order valence-electron chi connectivity index (χ4n) is 3.06. The highest BCUT2D eigenvalue weighted by atomic mass is 35.5. The normalized spacial score (nSPS) is 15.9. The van der Waals surface area contributed by atoms with Crippen molar-refractivity contribution in [2.75, 3.05) is 6.61 Å². The molecule has 142 valence electrons. The number of carbonyl (C=O) groups is 1. The highest BCUT2D eigenvalue weighted by molar-refractivity contribution is 6.32. The second-order valence-corrected chi connectivity index (χ2v) is 6.77. The molecular formula is C20H15ClFN3O3. The standard InChI is InChI=1S/C20H15ClFN3O3/c1-11-14(10-28-13-8-6-12(22)7-9-13)17-18(23-19(11)26)24-25(20(17)27)16-5-3-2-4-15(16)21/h2-9,11H,10H2,1H3,(H,23,24,26). The molecule has 1 aromatic heterocycles. The van der Waals surface area contributed by atoms with Crippen molar-refractivity contribution in [3.8, 4) is 11.4 Å². The number of hydrogen-bond donors (Lipinski definition) is 1. The van der Waals surface area contributed by atoms with Crippen molar-refractivity contribution in [1.29, 1.82) is 0 Å². The molecule has 3 aromatic rings. The maximum Gasteiger partial charge on any atom is 0.280 e. The van der Waals surface area contributed by atoms with Crippen LogP contribution in [0.2, 0.25) is 5.02 Å². The van der Waals surface area contributed by atoms with E-state index in [1.807, 2.05) is 0 Å². The highest BCUT2D eigenvalue weighted by Crippen LogP contribution is 2.19. The van der Waals surface area contributed by atoms with E-state index < -0.39 is 5.92 Å². The molecule has 2 heterocycles. The van der Waals surface area contributed by atoms with Gasteiger partial charge in [-0.3, -0.25) is 14.7 Å². The molecule has 0 radical (unpaired) electrons. The molecule has 2 aromatic carbocycles. The van der Waals surface area contributed by atoms with Gasteiger partial charge < -0.3 is 4.74 Å². The predicted molar refractivity (Wildman–Crippen MR) is 102 cm³/mol. The summed E-state index contributed by atoms with van der Waals surface area (Å²) in [5.74, 6) is -0.941. The number of para-hydroxylation sites is 1. The summed E-state index contributed by atoms with van der Waals surface area (Å²) in [4.78, 5) is 29.4. The summed E-state index contributed by atoms with van der Waals surface area (Å²) in [6.07, 6.45) is 0. The summed E-state index contributed by atoms with van der Waals surface area (Å²) in [5.41, 5.74) is 0.763. The third-order valence-electron chi connectivity index (χ3n) is 4.61. The highest BCUT2D eigenvalue weighted by Gasteiger charge is 2.26. The van der Waals surface area contributed by atoms with Crippen molar-refractivity contribution in [2.45, 2.75) is 6.92 Å². The van der Waals surface area contributed by atoms with Crippen molar-refractivity contribution in [3.63, 3.8) is 0 Å². The van der Waals surface area contributed by atoms with Crippen molar-refractivity contribution >= 4 is 23.1 Å². The number of benzene rings is 2. The van der Waals surface area contributed by atoms with E-state index in [-0.39, 0.29) is 34.6 Å². The fraction of sp³-hybridized carbons (Fsp3) is 0.150. The summed E-state index contributed by atoms with van der Waals surface area (Å²) in [7, 11) is 0. The van der Waals surface area contributed by atoms with Gasteiger partial charge in [-0.2, -0.15) is 4.99 Å². The van der Waals surface area contributed by atoms with E-state index in [0.717, 1.165) is 0 Å². The van der Waals surface area contributed by atoms with Crippen LogP contribution in [0.25, 0.3) is 11.3 Å². The number of halogens is 2. The second kappa shape index (κ2) is 7.09. The Kier molecular flexibility index (Phi) is 4.60. The molecule has 8 heteroatoms. The molecule has 4 rings (SSSR count). The molecule has 0 saturated heterocycles. The van der Waals surface area contributed by atoms with E-state index >= 15 is 0 Å². The van der Waals surface area contributed by atoms with Gasteiger partial charge in [0, 0.05) is 0 Å². The van der Waals surface area contributed by atoms with E-state index in [9.17, 15) is 14.0 Å². The minimum Gasteiger partial charge on any atom is -0.489 e. The molecule has 0 fully saturated rings. The van der Waals surface area contributed by atoms with Gasteiger partial charge in [-0.1, -0.05) is 23.7 Å². The fourth-order valence-corrected chi connectivity index (χ4v) is 3.28. The number of nitrogens with zero attached hydrogens (tertiary/aromatic N) is 2. The Morgan fingerprint density at radius 2 is 1.89 bits per heavy atom. The van der Waals surface area contributed by atoms with Gasteiger partial charge in [-0.05, 0) is 48.9 Å². The predicted octanol–water partition coefficient (Wildman–Crippen LogP) is 1.98. The third kappa shape index (κ3) is 3.14. The Morgan fingerprint density at radius 1 is 1.18 bits per heavy atom. The molecule has 28 heavy (non-hydrogen) atoms. The van der Waals surface area contributed by atoms with Gasteiger partial charge in [0.25, 0.3) is 11.5 Å². The zero-order valence-corrected chi connectivity index (χ0v) is 15.5. The summed E-state index contributed by atoms with van der Waals surface area (Å²) < 4.78 is 20.0. The molecule has 0 spiro atoms. The van der Waals surface area contributed by atoms with Crippen LogP contribution in [0.1, 0.15) is 6.92 Å². The van der Waals surface area contributed by atoms with Crippen LogP contribution in [0.4, 0.5) is 4.39 Å². The molecule has 0 bridgehead atoms. The van der Waals surface area contributed by atoms with Crippen molar-refractivity contribution in [2.24, 2.45) is 10.9 Å². The molecule has 1 amide bonds. The number of amides is 1. The lowest BCUT2D eigenvalue weighted by atomic mass is 9.98. The number of ether oxygens (including phenoxy) is 1. The molecule has 6 nitrogen and oxygen atoms in total. The zero-order valence-electron chi connectivity index (χ0n) is 14.8. The van der Waals surface area contributed by atoms with Crippen LogP contribution < -0.4 is 21.0 Å². The topological polar surface area (TPSA) is 76.5 Å². The van der Waals surface area contributed by atoms with Crippen molar-refractivity contribution in [1.82, 2.24) is 9.78 Å². The lowest BCUT2D eigenvalue weighted by molar-refractivity contribution is -0.120. The Labute approximate surface area is 163 Å². The number of H-pyrrole nitrogens is 1. The van der Waals surface area contributed by atoms with Gasteiger partial charge in [0.1, 0.15) is 18.2 Å². The van der Waals surface area contributed by atoms with Crippen LogP contribution in [0, 0.1) is 11.7 Å². The Balaban J connectivity index is 1.84. The van der Waals surface area contributed by atoms with E-state index in [2.05, 4.69) is 10.1 Å². The van der Waals surface area contributed by atoms with E-state index in [4.69, 9.17) is 16.3 Å². The molecule has 1 N–H and O–H groups in total. The largest absolute Gasteiger partial charge is 0.489 e. The van der Waals surface area contributed by atoms with Gasteiger partial charge in [0.05, 0.1) is 21.8 Å². The van der Waals surface area contributed by atoms with E-state index in [0.29, 0.717) is 22.0 Å².